The molecule has 1 heterocycles. The molecule has 7 nitrogen and oxygen atoms in total. The van der Waals surface area contributed by atoms with Gasteiger partial charge in [-0.2, -0.15) is 0 Å². The van der Waals surface area contributed by atoms with Crippen molar-refractivity contribution in [1.82, 2.24) is 10.2 Å². The lowest BCUT2D eigenvalue weighted by Crippen LogP contribution is -2.47. The molecule has 3 N–H and O–H groups in total. The average Bonchev–Trinajstić information content (AvgIpc) is 2.69. The number of carbonyl (C=O) groups excluding carboxylic acids is 2. The molecular formula is C20H18Cl2FN3O4S. The standard InChI is InChI=1S/C20H18Cl2FN3O4S/c21-16-10-17(22)18(31(24,29)30)9-15(16)20(28)25-14-2-1-7-26(11-14)19(27)8-12-3-5-13(23)6-4-12/h1-6,9-10,14H,7-8,11H2,(H,25,28)(H2,24,29,30). The molecule has 0 radical (unpaired) electrons. The van der Waals surface area contributed by atoms with Crippen molar-refractivity contribution in [3.63, 3.8) is 0 Å². The second-order valence-corrected chi connectivity index (χ2v) is 9.26. The number of hydrogen-bond donors (Lipinski definition) is 2. The summed E-state index contributed by atoms with van der Waals surface area (Å²) in [7, 11) is -4.15. The third kappa shape index (κ3) is 5.82. The summed E-state index contributed by atoms with van der Waals surface area (Å²) in [5, 5.41) is 7.58. The fourth-order valence-corrected chi connectivity index (χ4v) is 4.48. The predicted molar refractivity (Wildman–Crippen MR) is 115 cm³/mol. The van der Waals surface area contributed by atoms with Crippen molar-refractivity contribution in [3.8, 4) is 0 Å². The number of halogens is 3. The van der Waals surface area contributed by atoms with Crippen LogP contribution in [-0.2, 0) is 21.2 Å². The number of carbonyl (C=O) groups is 2. The van der Waals surface area contributed by atoms with E-state index in [0.29, 0.717) is 12.1 Å². The first-order valence-corrected chi connectivity index (χ1v) is 11.4. The number of sulfonamides is 1. The van der Waals surface area contributed by atoms with Gasteiger partial charge in [-0.1, -0.05) is 47.5 Å². The van der Waals surface area contributed by atoms with Crippen LogP contribution < -0.4 is 10.5 Å². The van der Waals surface area contributed by atoms with Gasteiger partial charge in [-0.15, -0.1) is 0 Å². The Balaban J connectivity index is 1.70. The molecule has 11 heteroatoms. The lowest BCUT2D eigenvalue weighted by Gasteiger charge is -2.29. The van der Waals surface area contributed by atoms with E-state index in [2.05, 4.69) is 5.32 Å². The summed E-state index contributed by atoms with van der Waals surface area (Å²) >= 11 is 11.9. The zero-order chi connectivity index (χ0) is 22.8. The molecule has 0 fully saturated rings. The van der Waals surface area contributed by atoms with Crippen LogP contribution >= 0.6 is 23.2 Å². The minimum atomic E-state index is -4.15. The van der Waals surface area contributed by atoms with Gasteiger partial charge >= 0.3 is 0 Å². The van der Waals surface area contributed by atoms with Gasteiger partial charge in [0.1, 0.15) is 10.7 Å². The normalized spacial score (nSPS) is 16.3. The van der Waals surface area contributed by atoms with Gasteiger partial charge in [0, 0.05) is 13.1 Å². The van der Waals surface area contributed by atoms with Gasteiger partial charge in [-0.25, -0.2) is 17.9 Å². The molecule has 1 aliphatic heterocycles. The third-order valence-corrected chi connectivity index (χ3v) is 6.31. The van der Waals surface area contributed by atoms with E-state index in [1.54, 1.807) is 17.1 Å². The van der Waals surface area contributed by atoms with Crippen LogP contribution in [0.15, 0.2) is 53.4 Å². The fourth-order valence-electron chi connectivity index (χ4n) is 3.08. The van der Waals surface area contributed by atoms with Crippen LogP contribution in [0.5, 0.6) is 0 Å². The summed E-state index contributed by atoms with van der Waals surface area (Å²) < 4.78 is 36.3. The maximum atomic E-state index is 13.0. The summed E-state index contributed by atoms with van der Waals surface area (Å²) in [6.45, 7) is 0.569. The van der Waals surface area contributed by atoms with E-state index >= 15 is 0 Å². The number of amides is 2. The maximum Gasteiger partial charge on any atom is 0.253 e. The van der Waals surface area contributed by atoms with Gasteiger partial charge in [-0.05, 0) is 29.8 Å². The quantitative estimate of drug-likeness (QED) is 0.633. The highest BCUT2D eigenvalue weighted by molar-refractivity contribution is 7.89. The second kappa shape index (κ2) is 9.35. The van der Waals surface area contributed by atoms with Crippen molar-refractivity contribution in [1.29, 1.82) is 0 Å². The molecular weight excluding hydrogens is 468 g/mol. The number of rotatable bonds is 5. The van der Waals surface area contributed by atoms with Crippen LogP contribution in [0.2, 0.25) is 10.0 Å². The largest absolute Gasteiger partial charge is 0.344 e. The van der Waals surface area contributed by atoms with Crippen molar-refractivity contribution in [2.75, 3.05) is 13.1 Å². The molecule has 0 saturated heterocycles. The first kappa shape index (κ1) is 23.2. The molecule has 0 bridgehead atoms. The lowest BCUT2D eigenvalue weighted by atomic mass is 10.1. The molecule has 2 aromatic rings. The molecule has 1 unspecified atom stereocenters. The Morgan fingerprint density at radius 1 is 1.16 bits per heavy atom. The summed E-state index contributed by atoms with van der Waals surface area (Å²) in [5.41, 5.74) is 0.559. The van der Waals surface area contributed by atoms with E-state index < -0.39 is 26.9 Å². The van der Waals surface area contributed by atoms with Crippen LogP contribution in [0.25, 0.3) is 0 Å². The minimum Gasteiger partial charge on any atom is -0.344 e. The summed E-state index contributed by atoms with van der Waals surface area (Å²) in [5.74, 6) is -1.21. The van der Waals surface area contributed by atoms with Crippen LogP contribution in [0, 0.1) is 5.82 Å². The van der Waals surface area contributed by atoms with Crippen LogP contribution in [-0.4, -0.2) is 44.3 Å². The Labute approximate surface area is 188 Å². The highest BCUT2D eigenvalue weighted by Gasteiger charge is 2.24. The Morgan fingerprint density at radius 2 is 1.84 bits per heavy atom. The Kier molecular flexibility index (Phi) is 7.00. The molecule has 3 rings (SSSR count). The molecule has 2 amide bonds. The Hall–Kier alpha value is -2.46. The molecule has 0 aliphatic carbocycles. The minimum absolute atomic E-state index is 0.0427. The van der Waals surface area contributed by atoms with Crippen LogP contribution in [0.4, 0.5) is 4.39 Å². The smallest absolute Gasteiger partial charge is 0.253 e. The van der Waals surface area contributed by atoms with E-state index in [1.807, 2.05) is 0 Å². The van der Waals surface area contributed by atoms with Crippen LogP contribution in [0.3, 0.4) is 0 Å². The second-order valence-electron chi connectivity index (χ2n) is 6.92. The average molecular weight is 486 g/mol. The SMILES string of the molecule is NS(=O)(=O)c1cc(C(=O)NC2C=CCN(C(=O)Cc3ccc(F)cc3)C2)c(Cl)cc1Cl. The molecule has 0 saturated carbocycles. The van der Waals surface area contributed by atoms with Gasteiger partial charge < -0.3 is 10.2 Å². The summed E-state index contributed by atoms with van der Waals surface area (Å²) in [6.07, 6.45) is 3.55. The van der Waals surface area contributed by atoms with Gasteiger partial charge in [0.25, 0.3) is 5.91 Å². The number of nitrogens with two attached hydrogens (primary N) is 1. The molecule has 0 aromatic heterocycles. The number of benzene rings is 2. The van der Waals surface area contributed by atoms with Crippen molar-refractivity contribution in [3.05, 3.63) is 75.5 Å². The van der Waals surface area contributed by atoms with E-state index in [4.69, 9.17) is 28.3 Å². The van der Waals surface area contributed by atoms with E-state index in [-0.39, 0.29) is 40.3 Å². The van der Waals surface area contributed by atoms with Crippen molar-refractivity contribution in [2.24, 2.45) is 5.14 Å². The van der Waals surface area contributed by atoms with Gasteiger partial charge in [0.2, 0.25) is 15.9 Å². The van der Waals surface area contributed by atoms with Gasteiger partial charge in [0.15, 0.2) is 0 Å². The molecule has 0 spiro atoms. The van der Waals surface area contributed by atoms with Gasteiger partial charge in [-0.3, -0.25) is 9.59 Å². The number of hydrogen-bond acceptors (Lipinski definition) is 4. The first-order chi connectivity index (χ1) is 14.5. The van der Waals surface area contributed by atoms with Crippen molar-refractivity contribution >= 4 is 45.0 Å². The zero-order valence-corrected chi connectivity index (χ0v) is 18.3. The van der Waals surface area contributed by atoms with Gasteiger partial charge in [0.05, 0.1) is 28.1 Å². The monoisotopic (exact) mass is 485 g/mol. The highest BCUT2D eigenvalue weighted by Crippen LogP contribution is 2.28. The molecule has 1 aliphatic rings. The van der Waals surface area contributed by atoms with E-state index in [9.17, 15) is 22.4 Å². The molecule has 2 aromatic carbocycles. The molecule has 164 valence electrons. The first-order valence-electron chi connectivity index (χ1n) is 9.06. The summed E-state index contributed by atoms with van der Waals surface area (Å²) in [6, 6.07) is 7.27. The van der Waals surface area contributed by atoms with Crippen LogP contribution in [0.1, 0.15) is 15.9 Å². The Bertz CT molecular complexity index is 1150. The maximum absolute atomic E-state index is 13.0. The molecule has 1 atom stereocenters. The number of nitrogens with zero attached hydrogens (tertiary/aromatic N) is 1. The molecule has 31 heavy (non-hydrogen) atoms. The number of nitrogens with one attached hydrogen (secondary N) is 1. The van der Waals surface area contributed by atoms with E-state index in [1.165, 1.54) is 24.3 Å². The summed E-state index contributed by atoms with van der Waals surface area (Å²) in [4.78, 5) is 26.4. The Morgan fingerprint density at radius 3 is 2.48 bits per heavy atom. The lowest BCUT2D eigenvalue weighted by molar-refractivity contribution is -0.130. The topological polar surface area (TPSA) is 110 Å². The zero-order valence-electron chi connectivity index (χ0n) is 16.0. The van der Waals surface area contributed by atoms with E-state index in [0.717, 1.165) is 12.1 Å². The third-order valence-electron chi connectivity index (χ3n) is 4.62. The van der Waals surface area contributed by atoms with Crippen molar-refractivity contribution in [2.45, 2.75) is 17.4 Å². The number of primary sulfonamides is 1. The van der Waals surface area contributed by atoms with Crippen molar-refractivity contribution < 1.29 is 22.4 Å². The highest BCUT2D eigenvalue weighted by atomic mass is 35.5. The predicted octanol–water partition coefficient (Wildman–Crippen LogP) is 2.52. The fraction of sp³-hybridized carbons (Fsp3) is 0.200.